The van der Waals surface area contributed by atoms with E-state index >= 15 is 0 Å². The summed E-state index contributed by atoms with van der Waals surface area (Å²) in [5, 5.41) is 0. The third kappa shape index (κ3) is 1.88. The Labute approximate surface area is 129 Å². The van der Waals surface area contributed by atoms with Crippen molar-refractivity contribution in [2.24, 2.45) is 0 Å². The van der Waals surface area contributed by atoms with Crippen LogP contribution in [0.5, 0.6) is 0 Å². The molecular formula is C20H16O2. The fraction of sp³-hybridized carbons (Fsp3) is 0.150. The summed E-state index contributed by atoms with van der Waals surface area (Å²) in [6.07, 6.45) is -0.0321. The molecule has 0 aromatic heterocycles. The molecule has 2 aliphatic rings. The summed E-state index contributed by atoms with van der Waals surface area (Å²) < 4.78 is 5.80. The number of allylic oxidation sites excluding steroid dienone is 2. The minimum Gasteiger partial charge on any atom is -0.369 e. The molecule has 1 aliphatic heterocycles. The molecule has 0 saturated carbocycles. The summed E-state index contributed by atoms with van der Waals surface area (Å²) in [4.78, 5) is 13.1. The van der Waals surface area contributed by atoms with Gasteiger partial charge in [-0.2, -0.15) is 0 Å². The lowest BCUT2D eigenvalue weighted by molar-refractivity contribution is -0.108. The van der Waals surface area contributed by atoms with Crippen LogP contribution in [0.25, 0.3) is 11.1 Å². The molecule has 108 valence electrons. The number of ether oxygens (including phenoxy) is 1. The van der Waals surface area contributed by atoms with Crippen molar-refractivity contribution in [3.05, 3.63) is 82.9 Å². The Kier molecular flexibility index (Phi) is 3.05. The summed E-state index contributed by atoms with van der Waals surface area (Å²) in [7, 11) is 0. The molecular weight excluding hydrogens is 272 g/mol. The lowest BCUT2D eigenvalue weighted by atomic mass is 9.96. The maximum Gasteiger partial charge on any atom is 0.194 e. The van der Waals surface area contributed by atoms with Gasteiger partial charge < -0.3 is 4.74 Å². The highest BCUT2D eigenvalue weighted by atomic mass is 16.5. The smallest absolute Gasteiger partial charge is 0.194 e. The van der Waals surface area contributed by atoms with E-state index in [1.54, 1.807) is 0 Å². The van der Waals surface area contributed by atoms with Crippen LogP contribution in [-0.4, -0.2) is 18.5 Å². The van der Waals surface area contributed by atoms with Crippen molar-refractivity contribution in [2.45, 2.75) is 13.0 Å². The second kappa shape index (κ2) is 5.08. The van der Waals surface area contributed by atoms with Gasteiger partial charge in [-0.15, -0.1) is 0 Å². The van der Waals surface area contributed by atoms with Crippen LogP contribution in [0.4, 0.5) is 0 Å². The van der Waals surface area contributed by atoms with Crippen molar-refractivity contribution >= 4 is 16.9 Å². The van der Waals surface area contributed by atoms with Gasteiger partial charge in [0.15, 0.2) is 5.78 Å². The largest absolute Gasteiger partial charge is 0.369 e. The lowest BCUT2D eigenvalue weighted by Gasteiger charge is -2.09. The highest BCUT2D eigenvalue weighted by Gasteiger charge is 2.39. The van der Waals surface area contributed by atoms with Crippen LogP contribution in [0, 0.1) is 0 Å². The molecule has 2 aromatic rings. The predicted octanol–water partition coefficient (Wildman–Crippen LogP) is 3.90. The number of rotatable bonds is 2. The van der Waals surface area contributed by atoms with E-state index in [1.165, 1.54) is 0 Å². The van der Waals surface area contributed by atoms with Gasteiger partial charge in [-0.3, -0.25) is 4.79 Å². The Morgan fingerprint density at radius 2 is 1.41 bits per heavy atom. The van der Waals surface area contributed by atoms with Crippen LogP contribution in [0.15, 0.2) is 71.8 Å². The molecule has 1 atom stereocenters. The highest BCUT2D eigenvalue weighted by Crippen LogP contribution is 2.45. The quantitative estimate of drug-likeness (QED) is 0.838. The normalized spacial score (nSPS) is 20.8. The number of hydrogen-bond acceptors (Lipinski definition) is 2. The Balaban J connectivity index is 1.91. The second-order valence-corrected chi connectivity index (χ2v) is 5.66. The van der Waals surface area contributed by atoms with Crippen molar-refractivity contribution in [1.82, 2.24) is 0 Å². The number of Topliss-reactive ketones (excluding diaryl/α,β-unsaturated/α-hetero) is 1. The SMILES string of the molecule is C[C@@H]1OCC2=C(c3ccccc3)C(=O)C(c3ccccc3)=C21. The molecule has 0 bridgehead atoms. The molecule has 1 fully saturated rings. The van der Waals surface area contributed by atoms with Crippen LogP contribution < -0.4 is 0 Å². The van der Waals surface area contributed by atoms with Gasteiger partial charge in [0.05, 0.1) is 12.7 Å². The molecule has 1 aliphatic carbocycles. The van der Waals surface area contributed by atoms with Crippen molar-refractivity contribution < 1.29 is 9.53 Å². The monoisotopic (exact) mass is 288 g/mol. The van der Waals surface area contributed by atoms with Crippen LogP contribution in [0.2, 0.25) is 0 Å². The minimum atomic E-state index is -0.0321. The molecule has 0 unspecified atom stereocenters. The first-order chi connectivity index (χ1) is 10.8. The summed E-state index contributed by atoms with van der Waals surface area (Å²) in [5.41, 5.74) is 5.68. The van der Waals surface area contributed by atoms with Crippen molar-refractivity contribution in [2.75, 3.05) is 6.61 Å². The highest BCUT2D eigenvalue weighted by molar-refractivity contribution is 6.47. The van der Waals surface area contributed by atoms with Crippen molar-refractivity contribution in [1.29, 1.82) is 0 Å². The molecule has 22 heavy (non-hydrogen) atoms. The second-order valence-electron chi connectivity index (χ2n) is 5.66. The molecule has 2 nitrogen and oxygen atoms in total. The Bertz CT molecular complexity index is 798. The van der Waals surface area contributed by atoms with Gasteiger partial charge in [-0.1, -0.05) is 60.7 Å². The van der Waals surface area contributed by atoms with E-state index in [0.29, 0.717) is 6.61 Å². The maximum atomic E-state index is 13.1. The summed E-state index contributed by atoms with van der Waals surface area (Å²) >= 11 is 0. The van der Waals surface area contributed by atoms with Crippen LogP contribution in [0.1, 0.15) is 18.1 Å². The molecule has 0 radical (unpaired) electrons. The zero-order valence-electron chi connectivity index (χ0n) is 12.4. The predicted molar refractivity (Wildman–Crippen MR) is 87.1 cm³/mol. The number of fused-ring (bicyclic) bond motifs is 1. The topological polar surface area (TPSA) is 26.3 Å². The van der Waals surface area contributed by atoms with E-state index in [0.717, 1.165) is 33.4 Å². The van der Waals surface area contributed by atoms with Crippen LogP contribution >= 0.6 is 0 Å². The number of ketones is 1. The molecule has 2 aromatic carbocycles. The summed E-state index contributed by atoms with van der Waals surface area (Å²) in [6.45, 7) is 2.54. The summed E-state index contributed by atoms with van der Waals surface area (Å²) in [6, 6.07) is 19.8. The molecule has 1 heterocycles. The zero-order chi connectivity index (χ0) is 15.1. The van der Waals surface area contributed by atoms with E-state index in [1.807, 2.05) is 67.6 Å². The molecule has 4 rings (SSSR count). The van der Waals surface area contributed by atoms with Crippen LogP contribution in [-0.2, 0) is 9.53 Å². The van der Waals surface area contributed by atoms with E-state index in [4.69, 9.17) is 4.74 Å². The van der Waals surface area contributed by atoms with Gasteiger partial charge in [-0.05, 0) is 29.2 Å². The van der Waals surface area contributed by atoms with E-state index in [9.17, 15) is 4.79 Å². The molecule has 0 spiro atoms. The molecule has 0 amide bonds. The molecule has 1 saturated heterocycles. The van der Waals surface area contributed by atoms with Gasteiger partial charge in [0, 0.05) is 11.1 Å². The summed E-state index contributed by atoms with van der Waals surface area (Å²) in [5.74, 6) is 0.123. The van der Waals surface area contributed by atoms with Crippen molar-refractivity contribution in [3.8, 4) is 0 Å². The number of benzene rings is 2. The third-order valence-corrected chi connectivity index (χ3v) is 4.36. The minimum absolute atomic E-state index is 0.0321. The molecule has 2 heteroatoms. The van der Waals surface area contributed by atoms with Gasteiger partial charge in [0.2, 0.25) is 0 Å². The fourth-order valence-electron chi connectivity index (χ4n) is 3.36. The molecule has 0 N–H and O–H groups in total. The first-order valence-corrected chi connectivity index (χ1v) is 7.52. The van der Waals surface area contributed by atoms with Gasteiger partial charge in [0.1, 0.15) is 0 Å². The van der Waals surface area contributed by atoms with E-state index in [2.05, 4.69) is 0 Å². The number of hydrogen-bond donors (Lipinski definition) is 0. The Morgan fingerprint density at radius 1 is 0.864 bits per heavy atom. The first-order valence-electron chi connectivity index (χ1n) is 7.52. The van der Waals surface area contributed by atoms with E-state index in [-0.39, 0.29) is 11.9 Å². The Morgan fingerprint density at radius 3 is 2.00 bits per heavy atom. The lowest BCUT2D eigenvalue weighted by Crippen LogP contribution is -2.07. The number of carbonyl (C=O) groups excluding carboxylic acids is 1. The standard InChI is InChI=1S/C20H16O2/c1-13-17-16(12-22-13)18(14-8-4-2-5-9-14)20(21)19(17)15-10-6-3-7-11-15/h2-11,13H,12H2,1H3/t13-/m0/s1. The first kappa shape index (κ1) is 13.2. The third-order valence-electron chi connectivity index (χ3n) is 4.36. The fourth-order valence-corrected chi connectivity index (χ4v) is 3.36. The van der Waals surface area contributed by atoms with Gasteiger partial charge in [-0.25, -0.2) is 0 Å². The van der Waals surface area contributed by atoms with Gasteiger partial charge in [0.25, 0.3) is 0 Å². The maximum absolute atomic E-state index is 13.1. The average molecular weight is 288 g/mol. The zero-order valence-corrected chi connectivity index (χ0v) is 12.4. The van der Waals surface area contributed by atoms with Gasteiger partial charge >= 0.3 is 0 Å². The Hall–Kier alpha value is -2.45. The average Bonchev–Trinajstić information content (AvgIpc) is 3.06. The van der Waals surface area contributed by atoms with Crippen molar-refractivity contribution in [3.63, 3.8) is 0 Å². The van der Waals surface area contributed by atoms with Crippen LogP contribution in [0.3, 0.4) is 0 Å². The van der Waals surface area contributed by atoms with E-state index < -0.39 is 0 Å². The number of carbonyl (C=O) groups is 1.